The zero-order chi connectivity index (χ0) is 19.9. The molecule has 2 aliphatic rings. The maximum atomic E-state index is 13.2. The SMILES string of the molecule is Cc1nn(-c2ccc(F)cc2)c(C)c1C=NN1C(=O)NC2(CCCCC2)C1=O. The Kier molecular flexibility index (Phi) is 4.49. The largest absolute Gasteiger partial charge is 0.346 e. The van der Waals surface area contributed by atoms with Gasteiger partial charge < -0.3 is 5.32 Å². The molecule has 1 saturated heterocycles. The number of imide groups is 1. The molecule has 1 spiro atoms. The molecule has 2 fully saturated rings. The number of hydrogen-bond donors (Lipinski definition) is 1. The van der Waals surface area contributed by atoms with Gasteiger partial charge in [0.15, 0.2) is 0 Å². The molecule has 146 valence electrons. The fraction of sp³-hybridized carbons (Fsp3) is 0.400. The van der Waals surface area contributed by atoms with Gasteiger partial charge in [-0.2, -0.15) is 10.2 Å². The third-order valence-corrected chi connectivity index (χ3v) is 5.57. The highest BCUT2D eigenvalue weighted by Crippen LogP contribution is 2.33. The van der Waals surface area contributed by atoms with Gasteiger partial charge in [0.2, 0.25) is 0 Å². The molecule has 1 aliphatic heterocycles. The van der Waals surface area contributed by atoms with Gasteiger partial charge in [-0.05, 0) is 51.0 Å². The minimum Gasteiger partial charge on any atom is -0.321 e. The van der Waals surface area contributed by atoms with Crippen molar-refractivity contribution in [3.8, 4) is 5.69 Å². The molecular formula is C20H22FN5O2. The van der Waals surface area contributed by atoms with Crippen molar-refractivity contribution in [1.29, 1.82) is 0 Å². The van der Waals surface area contributed by atoms with Crippen molar-refractivity contribution in [1.82, 2.24) is 20.1 Å². The number of nitrogens with zero attached hydrogens (tertiary/aromatic N) is 4. The Morgan fingerprint density at radius 3 is 2.50 bits per heavy atom. The van der Waals surface area contributed by atoms with Crippen LogP contribution in [0.5, 0.6) is 0 Å². The zero-order valence-corrected chi connectivity index (χ0v) is 15.9. The molecule has 0 bridgehead atoms. The molecule has 4 rings (SSSR count). The van der Waals surface area contributed by atoms with Gasteiger partial charge in [0.25, 0.3) is 5.91 Å². The zero-order valence-electron chi connectivity index (χ0n) is 15.9. The van der Waals surface area contributed by atoms with Crippen molar-refractivity contribution >= 4 is 18.2 Å². The van der Waals surface area contributed by atoms with Crippen LogP contribution >= 0.6 is 0 Å². The standard InChI is InChI=1S/C20H22FN5O2/c1-13-17(14(2)25(24-13)16-8-6-15(21)7-9-16)12-22-26-18(27)20(23-19(26)28)10-4-3-5-11-20/h6-9,12H,3-5,10-11H2,1-2H3,(H,23,28). The van der Waals surface area contributed by atoms with Crippen LogP contribution in [0.3, 0.4) is 0 Å². The molecule has 1 N–H and O–H groups in total. The second-order valence-electron chi connectivity index (χ2n) is 7.41. The van der Waals surface area contributed by atoms with E-state index in [1.54, 1.807) is 16.8 Å². The van der Waals surface area contributed by atoms with Crippen LogP contribution in [0.2, 0.25) is 0 Å². The summed E-state index contributed by atoms with van der Waals surface area (Å²) in [4.78, 5) is 25.1. The number of aryl methyl sites for hydroxylation is 1. The average molecular weight is 383 g/mol. The normalized spacial score (nSPS) is 19.0. The predicted octanol–water partition coefficient (Wildman–Crippen LogP) is 3.22. The van der Waals surface area contributed by atoms with Crippen LogP contribution < -0.4 is 5.32 Å². The first-order valence-electron chi connectivity index (χ1n) is 9.44. The van der Waals surface area contributed by atoms with Gasteiger partial charge in [-0.25, -0.2) is 13.9 Å². The highest BCUT2D eigenvalue weighted by molar-refractivity contribution is 6.07. The summed E-state index contributed by atoms with van der Waals surface area (Å²) in [5.74, 6) is -0.600. The van der Waals surface area contributed by atoms with E-state index in [0.29, 0.717) is 18.5 Å². The predicted molar refractivity (Wildman–Crippen MR) is 102 cm³/mol. The quantitative estimate of drug-likeness (QED) is 0.653. The summed E-state index contributed by atoms with van der Waals surface area (Å²) in [6.45, 7) is 3.68. The number of benzene rings is 1. The van der Waals surface area contributed by atoms with E-state index in [-0.39, 0.29) is 11.7 Å². The van der Waals surface area contributed by atoms with Crippen LogP contribution in [0.25, 0.3) is 5.69 Å². The van der Waals surface area contributed by atoms with E-state index in [1.807, 2.05) is 13.8 Å². The van der Waals surface area contributed by atoms with E-state index in [4.69, 9.17) is 0 Å². The van der Waals surface area contributed by atoms with Crippen LogP contribution in [0.1, 0.15) is 49.1 Å². The molecule has 7 nitrogen and oxygen atoms in total. The Morgan fingerprint density at radius 2 is 1.82 bits per heavy atom. The van der Waals surface area contributed by atoms with Crippen molar-refractivity contribution in [2.75, 3.05) is 0 Å². The van der Waals surface area contributed by atoms with Gasteiger partial charge >= 0.3 is 6.03 Å². The fourth-order valence-corrected chi connectivity index (χ4v) is 4.00. The fourth-order valence-electron chi connectivity index (χ4n) is 4.00. The lowest BCUT2D eigenvalue weighted by Gasteiger charge is -2.29. The maximum Gasteiger partial charge on any atom is 0.346 e. The summed E-state index contributed by atoms with van der Waals surface area (Å²) in [7, 11) is 0. The number of hydrogen-bond acceptors (Lipinski definition) is 4. The second kappa shape index (κ2) is 6.85. The third kappa shape index (κ3) is 2.98. The molecule has 1 aromatic carbocycles. The number of rotatable bonds is 3. The summed E-state index contributed by atoms with van der Waals surface area (Å²) in [5.41, 5.74) is 2.12. The smallest absolute Gasteiger partial charge is 0.321 e. The van der Waals surface area contributed by atoms with E-state index in [9.17, 15) is 14.0 Å². The van der Waals surface area contributed by atoms with Gasteiger partial charge in [0, 0.05) is 5.56 Å². The van der Waals surface area contributed by atoms with Crippen LogP contribution in [-0.4, -0.2) is 38.5 Å². The van der Waals surface area contributed by atoms with Crippen molar-refractivity contribution < 1.29 is 14.0 Å². The van der Waals surface area contributed by atoms with Gasteiger partial charge in [-0.1, -0.05) is 19.3 Å². The van der Waals surface area contributed by atoms with E-state index in [0.717, 1.165) is 41.2 Å². The van der Waals surface area contributed by atoms with Crippen LogP contribution in [0, 0.1) is 19.7 Å². The number of nitrogens with one attached hydrogen (secondary N) is 1. The third-order valence-electron chi connectivity index (χ3n) is 5.57. The molecule has 8 heteroatoms. The monoisotopic (exact) mass is 383 g/mol. The summed E-state index contributed by atoms with van der Waals surface area (Å²) in [5, 5.41) is 12.4. The van der Waals surface area contributed by atoms with Crippen LogP contribution in [0.15, 0.2) is 29.4 Å². The van der Waals surface area contributed by atoms with Crippen molar-refractivity contribution in [2.45, 2.75) is 51.5 Å². The number of aromatic nitrogens is 2. The van der Waals surface area contributed by atoms with Gasteiger partial charge in [-0.15, -0.1) is 5.01 Å². The van der Waals surface area contributed by atoms with Gasteiger partial charge in [-0.3, -0.25) is 4.79 Å². The second-order valence-corrected chi connectivity index (χ2v) is 7.41. The molecule has 28 heavy (non-hydrogen) atoms. The molecule has 1 aliphatic carbocycles. The molecule has 3 amide bonds. The molecule has 1 aromatic heterocycles. The minimum atomic E-state index is -0.797. The molecule has 0 atom stereocenters. The number of hydrazone groups is 1. The molecule has 0 radical (unpaired) electrons. The highest BCUT2D eigenvalue weighted by Gasteiger charge is 2.51. The number of urea groups is 1. The lowest BCUT2D eigenvalue weighted by Crippen LogP contribution is -2.48. The number of carbonyl (C=O) groups excluding carboxylic acids is 2. The lowest BCUT2D eigenvalue weighted by atomic mass is 9.82. The first-order chi connectivity index (χ1) is 13.4. The van der Waals surface area contributed by atoms with Crippen molar-refractivity contribution in [3.05, 3.63) is 47.0 Å². The number of amides is 3. The van der Waals surface area contributed by atoms with E-state index in [2.05, 4.69) is 15.5 Å². The van der Waals surface area contributed by atoms with Crippen LogP contribution in [0.4, 0.5) is 9.18 Å². The molecule has 2 heterocycles. The van der Waals surface area contributed by atoms with E-state index < -0.39 is 11.6 Å². The Hall–Kier alpha value is -3.03. The molecule has 0 unspecified atom stereocenters. The van der Waals surface area contributed by atoms with Crippen molar-refractivity contribution in [3.63, 3.8) is 0 Å². The van der Waals surface area contributed by atoms with Gasteiger partial charge in [0.1, 0.15) is 11.4 Å². The topological polar surface area (TPSA) is 79.6 Å². The average Bonchev–Trinajstić information content (AvgIpc) is 3.08. The maximum absolute atomic E-state index is 13.2. The number of halogens is 1. The Morgan fingerprint density at radius 1 is 1.14 bits per heavy atom. The van der Waals surface area contributed by atoms with E-state index in [1.165, 1.54) is 18.3 Å². The van der Waals surface area contributed by atoms with E-state index >= 15 is 0 Å². The van der Waals surface area contributed by atoms with Crippen molar-refractivity contribution in [2.24, 2.45) is 5.10 Å². The Bertz CT molecular complexity index is 958. The number of carbonyl (C=O) groups is 2. The minimum absolute atomic E-state index is 0.283. The Labute approximate surface area is 162 Å². The first kappa shape index (κ1) is 18.3. The van der Waals surface area contributed by atoms with Gasteiger partial charge in [0.05, 0.1) is 23.3 Å². The summed E-state index contributed by atoms with van der Waals surface area (Å²) >= 11 is 0. The molecule has 1 saturated carbocycles. The summed E-state index contributed by atoms with van der Waals surface area (Å²) in [6, 6.07) is 5.54. The highest BCUT2D eigenvalue weighted by atomic mass is 19.1. The first-order valence-corrected chi connectivity index (χ1v) is 9.44. The van der Waals surface area contributed by atoms with Crippen LogP contribution in [-0.2, 0) is 4.79 Å². The lowest BCUT2D eigenvalue weighted by molar-refractivity contribution is -0.132. The summed E-state index contributed by atoms with van der Waals surface area (Å²) < 4.78 is 14.9. The molecule has 2 aromatic rings. The molecular weight excluding hydrogens is 361 g/mol. The summed E-state index contributed by atoms with van der Waals surface area (Å²) in [6.07, 6.45) is 5.74. The Balaban J connectivity index is 1.61.